The average molecular weight is 228 g/mol. The van der Waals surface area contributed by atoms with E-state index in [2.05, 4.69) is 10.2 Å². The average Bonchev–Trinajstić information content (AvgIpc) is 2.77. The van der Waals surface area contributed by atoms with Crippen molar-refractivity contribution in [3.8, 4) is 5.19 Å². The van der Waals surface area contributed by atoms with E-state index in [1.807, 2.05) is 6.92 Å². The van der Waals surface area contributed by atoms with Crippen molar-refractivity contribution in [2.24, 2.45) is 0 Å². The van der Waals surface area contributed by atoms with E-state index >= 15 is 0 Å². The molecule has 1 aromatic heterocycles. The molecule has 0 bridgehead atoms. The largest absolute Gasteiger partial charge is 0.469 e. The first kappa shape index (κ1) is 10.2. The number of likely N-dealkylation sites (N-methyl/N-ethyl adjacent to an activating group) is 1. The standard InChI is InChI=1S/C8H12N4O2S/c1-3-14-7-10-9-6(15-7)12-5-4-11(2)8(12)13/h3-5H2,1-2H3. The summed E-state index contributed by atoms with van der Waals surface area (Å²) in [5.74, 6) is 0. The van der Waals surface area contributed by atoms with Crippen LogP contribution in [0.15, 0.2) is 0 Å². The normalized spacial score (nSPS) is 16.3. The highest BCUT2D eigenvalue weighted by Crippen LogP contribution is 2.27. The Morgan fingerprint density at radius 3 is 2.87 bits per heavy atom. The number of ether oxygens (including phenoxy) is 1. The molecular formula is C8H12N4O2S. The first-order valence-corrected chi connectivity index (χ1v) is 5.53. The van der Waals surface area contributed by atoms with Gasteiger partial charge >= 0.3 is 6.03 Å². The van der Waals surface area contributed by atoms with E-state index in [1.54, 1.807) is 16.8 Å². The molecule has 15 heavy (non-hydrogen) atoms. The second kappa shape index (κ2) is 4.01. The summed E-state index contributed by atoms with van der Waals surface area (Å²) < 4.78 is 5.20. The van der Waals surface area contributed by atoms with Crippen molar-refractivity contribution in [2.45, 2.75) is 6.92 Å². The number of nitrogens with zero attached hydrogens (tertiary/aromatic N) is 4. The highest BCUT2D eigenvalue weighted by atomic mass is 32.1. The number of hydrogen-bond donors (Lipinski definition) is 0. The number of carbonyl (C=O) groups is 1. The van der Waals surface area contributed by atoms with E-state index in [-0.39, 0.29) is 6.03 Å². The number of urea groups is 1. The fourth-order valence-corrected chi connectivity index (χ4v) is 2.09. The fourth-order valence-electron chi connectivity index (χ4n) is 1.32. The zero-order chi connectivity index (χ0) is 10.8. The van der Waals surface area contributed by atoms with Gasteiger partial charge in [0.05, 0.1) is 6.61 Å². The number of hydrogen-bond acceptors (Lipinski definition) is 5. The molecule has 0 N–H and O–H groups in total. The summed E-state index contributed by atoms with van der Waals surface area (Å²) in [5.41, 5.74) is 0. The van der Waals surface area contributed by atoms with Gasteiger partial charge < -0.3 is 9.64 Å². The van der Waals surface area contributed by atoms with E-state index in [0.29, 0.717) is 23.5 Å². The van der Waals surface area contributed by atoms with E-state index < -0.39 is 0 Å². The monoisotopic (exact) mass is 228 g/mol. The van der Waals surface area contributed by atoms with Gasteiger partial charge in [-0.25, -0.2) is 4.79 Å². The van der Waals surface area contributed by atoms with Crippen molar-refractivity contribution in [1.29, 1.82) is 0 Å². The molecule has 2 amide bonds. The maximum absolute atomic E-state index is 11.6. The van der Waals surface area contributed by atoms with Gasteiger partial charge in [0, 0.05) is 20.1 Å². The van der Waals surface area contributed by atoms with Crippen molar-refractivity contribution in [3.05, 3.63) is 0 Å². The summed E-state index contributed by atoms with van der Waals surface area (Å²) in [4.78, 5) is 14.9. The fraction of sp³-hybridized carbons (Fsp3) is 0.625. The molecule has 0 atom stereocenters. The zero-order valence-electron chi connectivity index (χ0n) is 8.63. The molecule has 82 valence electrons. The summed E-state index contributed by atoms with van der Waals surface area (Å²) >= 11 is 1.29. The minimum absolute atomic E-state index is 0.0331. The molecule has 1 saturated heterocycles. The lowest BCUT2D eigenvalue weighted by molar-refractivity contribution is 0.229. The third-order valence-corrected chi connectivity index (χ3v) is 2.97. The first-order chi connectivity index (χ1) is 7.22. The number of aromatic nitrogens is 2. The highest BCUT2D eigenvalue weighted by Gasteiger charge is 2.29. The van der Waals surface area contributed by atoms with Crippen LogP contribution in [-0.4, -0.2) is 47.9 Å². The summed E-state index contributed by atoms with van der Waals surface area (Å²) in [6, 6.07) is -0.0331. The van der Waals surface area contributed by atoms with Crippen molar-refractivity contribution in [1.82, 2.24) is 15.1 Å². The van der Waals surface area contributed by atoms with Crippen LogP contribution in [-0.2, 0) is 0 Å². The van der Waals surface area contributed by atoms with E-state index in [9.17, 15) is 4.79 Å². The Morgan fingerprint density at radius 1 is 1.47 bits per heavy atom. The van der Waals surface area contributed by atoms with Gasteiger partial charge in [0.1, 0.15) is 0 Å². The molecule has 0 spiro atoms. The molecule has 6 nitrogen and oxygen atoms in total. The molecule has 1 aromatic rings. The molecule has 0 unspecified atom stereocenters. The third kappa shape index (κ3) is 1.87. The molecule has 2 heterocycles. The quantitative estimate of drug-likeness (QED) is 0.768. The van der Waals surface area contributed by atoms with Crippen LogP contribution in [0.25, 0.3) is 0 Å². The van der Waals surface area contributed by atoms with Crippen LogP contribution in [0.4, 0.5) is 9.93 Å². The Kier molecular flexibility index (Phi) is 2.72. The Hall–Kier alpha value is -1.37. The van der Waals surface area contributed by atoms with Gasteiger partial charge in [0.2, 0.25) is 5.13 Å². The van der Waals surface area contributed by atoms with Gasteiger partial charge in [-0.2, -0.15) is 0 Å². The van der Waals surface area contributed by atoms with Gasteiger partial charge in [-0.1, -0.05) is 5.10 Å². The van der Waals surface area contributed by atoms with Crippen LogP contribution < -0.4 is 9.64 Å². The molecular weight excluding hydrogens is 216 g/mol. The lowest BCUT2D eigenvalue weighted by Crippen LogP contribution is -2.29. The van der Waals surface area contributed by atoms with Gasteiger partial charge in [-0.3, -0.25) is 4.90 Å². The lowest BCUT2D eigenvalue weighted by Gasteiger charge is -2.10. The highest BCUT2D eigenvalue weighted by molar-refractivity contribution is 7.17. The van der Waals surface area contributed by atoms with Gasteiger partial charge in [0.15, 0.2) is 0 Å². The second-order valence-electron chi connectivity index (χ2n) is 3.14. The topological polar surface area (TPSA) is 58.6 Å². The molecule has 1 fully saturated rings. The predicted molar refractivity (Wildman–Crippen MR) is 56.5 cm³/mol. The summed E-state index contributed by atoms with van der Waals surface area (Å²) in [6.45, 7) is 3.83. The van der Waals surface area contributed by atoms with Crippen LogP contribution in [0, 0.1) is 0 Å². The van der Waals surface area contributed by atoms with Gasteiger partial charge in [-0.05, 0) is 18.3 Å². The third-order valence-electron chi connectivity index (χ3n) is 2.11. The molecule has 1 aliphatic heterocycles. The van der Waals surface area contributed by atoms with Crippen molar-refractivity contribution >= 4 is 22.5 Å². The molecule has 7 heteroatoms. The van der Waals surface area contributed by atoms with Crippen LogP contribution in [0.2, 0.25) is 0 Å². The Balaban J connectivity index is 2.12. The molecule has 1 aliphatic rings. The Labute approximate surface area is 91.5 Å². The SMILES string of the molecule is CCOc1nnc(N2CCN(C)C2=O)s1. The molecule has 0 aliphatic carbocycles. The summed E-state index contributed by atoms with van der Waals surface area (Å²) in [6.07, 6.45) is 0. The van der Waals surface area contributed by atoms with Crippen LogP contribution in [0.5, 0.6) is 5.19 Å². The first-order valence-electron chi connectivity index (χ1n) is 4.71. The smallest absolute Gasteiger partial charge is 0.326 e. The van der Waals surface area contributed by atoms with E-state index in [4.69, 9.17) is 4.74 Å². The molecule has 0 aromatic carbocycles. The Morgan fingerprint density at radius 2 is 2.27 bits per heavy atom. The van der Waals surface area contributed by atoms with Crippen molar-refractivity contribution < 1.29 is 9.53 Å². The lowest BCUT2D eigenvalue weighted by atomic mass is 10.6. The molecule has 0 radical (unpaired) electrons. The summed E-state index contributed by atoms with van der Waals surface area (Å²) in [7, 11) is 1.77. The number of anilines is 1. The summed E-state index contributed by atoms with van der Waals surface area (Å²) in [5, 5.41) is 8.88. The second-order valence-corrected chi connectivity index (χ2v) is 4.06. The number of carbonyl (C=O) groups excluding carboxylic acids is 1. The van der Waals surface area contributed by atoms with Crippen LogP contribution >= 0.6 is 11.3 Å². The van der Waals surface area contributed by atoms with Gasteiger partial charge in [0.25, 0.3) is 5.19 Å². The maximum atomic E-state index is 11.6. The minimum Gasteiger partial charge on any atom is -0.469 e. The van der Waals surface area contributed by atoms with E-state index in [1.165, 1.54) is 11.3 Å². The van der Waals surface area contributed by atoms with Crippen LogP contribution in [0.3, 0.4) is 0 Å². The zero-order valence-corrected chi connectivity index (χ0v) is 9.45. The Bertz CT molecular complexity index is 367. The molecule has 0 saturated carbocycles. The number of rotatable bonds is 3. The van der Waals surface area contributed by atoms with Crippen molar-refractivity contribution in [2.75, 3.05) is 31.6 Å². The van der Waals surface area contributed by atoms with Crippen LogP contribution in [0.1, 0.15) is 6.92 Å². The number of amides is 2. The minimum atomic E-state index is -0.0331. The van der Waals surface area contributed by atoms with Crippen molar-refractivity contribution in [3.63, 3.8) is 0 Å². The van der Waals surface area contributed by atoms with Gasteiger partial charge in [-0.15, -0.1) is 5.10 Å². The van der Waals surface area contributed by atoms with E-state index in [0.717, 1.165) is 6.54 Å². The maximum Gasteiger partial charge on any atom is 0.326 e. The molecule has 2 rings (SSSR count). The predicted octanol–water partition coefficient (Wildman–Crippen LogP) is 0.809.